The predicted molar refractivity (Wildman–Crippen MR) is 161 cm³/mol. The maximum absolute atomic E-state index is 14.0. The van der Waals surface area contributed by atoms with Crippen molar-refractivity contribution in [2.24, 2.45) is 0 Å². The Balaban J connectivity index is 2.06. The first-order valence-corrected chi connectivity index (χ1v) is 15.5. The van der Waals surface area contributed by atoms with Crippen molar-refractivity contribution in [1.82, 2.24) is 10.2 Å². The van der Waals surface area contributed by atoms with Crippen molar-refractivity contribution >= 4 is 43.5 Å². The molecule has 0 saturated carbocycles. The molecule has 0 aromatic heterocycles. The van der Waals surface area contributed by atoms with Crippen LogP contribution in [0.25, 0.3) is 0 Å². The fourth-order valence-electron chi connectivity index (χ4n) is 4.36. The van der Waals surface area contributed by atoms with Gasteiger partial charge >= 0.3 is 0 Å². The van der Waals surface area contributed by atoms with Gasteiger partial charge in [0.15, 0.2) is 0 Å². The molecule has 3 aromatic carbocycles. The number of likely N-dealkylation sites (N-methyl/N-ethyl adjacent to an activating group) is 1. The van der Waals surface area contributed by atoms with Crippen LogP contribution in [0.15, 0.2) is 82.2 Å². The number of anilines is 1. The molecule has 10 heteroatoms. The average Bonchev–Trinajstić information content (AvgIpc) is 2.92. The van der Waals surface area contributed by atoms with Crippen LogP contribution in [0.4, 0.5) is 5.69 Å². The summed E-state index contributed by atoms with van der Waals surface area (Å²) in [7, 11) is -4.14. The van der Waals surface area contributed by atoms with Crippen LogP contribution >= 0.6 is 15.9 Å². The molecule has 3 aromatic rings. The van der Waals surface area contributed by atoms with Crippen molar-refractivity contribution in [2.75, 3.05) is 24.0 Å². The minimum Gasteiger partial charge on any atom is -0.494 e. The number of hydrogen-bond donors (Lipinski definition) is 1. The second-order valence-electron chi connectivity index (χ2n) is 9.22. The van der Waals surface area contributed by atoms with Crippen molar-refractivity contribution < 1.29 is 22.7 Å². The minimum atomic E-state index is -4.14. The van der Waals surface area contributed by atoms with Crippen LogP contribution in [0.2, 0.25) is 0 Å². The maximum Gasteiger partial charge on any atom is 0.264 e. The molecule has 3 rings (SSSR count). The van der Waals surface area contributed by atoms with E-state index in [2.05, 4.69) is 21.2 Å². The van der Waals surface area contributed by atoms with Crippen molar-refractivity contribution in [3.8, 4) is 5.75 Å². The van der Waals surface area contributed by atoms with Gasteiger partial charge in [0.25, 0.3) is 10.0 Å². The summed E-state index contributed by atoms with van der Waals surface area (Å²) in [4.78, 5) is 28.6. The lowest BCUT2D eigenvalue weighted by Gasteiger charge is -2.33. The monoisotopic (exact) mass is 629 g/mol. The molecule has 1 N–H and O–H groups in total. The number of halogens is 1. The molecule has 0 heterocycles. The lowest BCUT2D eigenvalue weighted by molar-refractivity contribution is -0.140. The van der Waals surface area contributed by atoms with E-state index in [1.54, 1.807) is 36.4 Å². The van der Waals surface area contributed by atoms with Gasteiger partial charge in [0, 0.05) is 17.6 Å². The van der Waals surface area contributed by atoms with Gasteiger partial charge in [-0.15, -0.1) is 0 Å². The molecule has 214 valence electrons. The average molecular weight is 631 g/mol. The highest BCUT2D eigenvalue weighted by Gasteiger charge is 2.33. The third-order valence-corrected chi connectivity index (χ3v) is 8.61. The summed E-state index contributed by atoms with van der Waals surface area (Å²) in [5, 5.41) is 2.81. The van der Waals surface area contributed by atoms with Crippen LogP contribution < -0.4 is 14.4 Å². The highest BCUT2D eigenvalue weighted by Crippen LogP contribution is 2.27. The number of sulfonamides is 1. The SMILES string of the molecule is CCNC(=O)[C@H](CC)N(Cc1cccc(C)c1)C(=O)CN(c1ccc(OCC)cc1)S(=O)(=O)c1ccc(Br)cc1. The lowest BCUT2D eigenvalue weighted by atomic mass is 10.1. The van der Waals surface area contributed by atoms with E-state index in [1.165, 1.54) is 17.0 Å². The van der Waals surface area contributed by atoms with E-state index in [9.17, 15) is 18.0 Å². The van der Waals surface area contributed by atoms with Gasteiger partial charge in [-0.25, -0.2) is 8.42 Å². The summed E-state index contributed by atoms with van der Waals surface area (Å²) in [6.45, 7) is 8.01. The highest BCUT2D eigenvalue weighted by atomic mass is 79.9. The largest absolute Gasteiger partial charge is 0.494 e. The second-order valence-corrected chi connectivity index (χ2v) is 12.0. The molecule has 0 unspecified atom stereocenters. The van der Waals surface area contributed by atoms with E-state index in [-0.39, 0.29) is 17.3 Å². The molecule has 0 spiro atoms. The molecule has 1 atom stereocenters. The van der Waals surface area contributed by atoms with E-state index in [0.29, 0.717) is 31.0 Å². The Labute approximate surface area is 245 Å². The fraction of sp³-hybridized carbons (Fsp3) is 0.333. The molecule has 0 aliphatic carbocycles. The Kier molecular flexibility index (Phi) is 11.2. The van der Waals surface area contributed by atoms with Gasteiger partial charge in [0.05, 0.1) is 17.2 Å². The zero-order valence-electron chi connectivity index (χ0n) is 23.3. The van der Waals surface area contributed by atoms with E-state index in [0.717, 1.165) is 19.9 Å². The molecule has 0 aliphatic rings. The Hall–Kier alpha value is -3.37. The molecule has 0 radical (unpaired) electrons. The van der Waals surface area contributed by atoms with Gasteiger partial charge in [0.1, 0.15) is 18.3 Å². The number of ether oxygens (including phenoxy) is 1. The van der Waals surface area contributed by atoms with E-state index < -0.39 is 28.5 Å². The summed E-state index contributed by atoms with van der Waals surface area (Å²) in [6, 6.07) is 19.7. The standard InChI is InChI=1S/C30H36BrN3O5S/c1-5-28(30(36)32-6-2)33(20-23-10-8-9-22(4)19-23)29(35)21-34(25-13-15-26(16-14-25)39-7-3)40(37,38)27-17-11-24(31)12-18-27/h8-19,28H,5-7,20-21H2,1-4H3,(H,32,36)/t28-/m0/s1. The number of nitrogens with one attached hydrogen (secondary N) is 1. The molecular formula is C30H36BrN3O5S. The predicted octanol–water partition coefficient (Wildman–Crippen LogP) is 5.30. The molecule has 40 heavy (non-hydrogen) atoms. The van der Waals surface area contributed by atoms with Crippen LogP contribution in [-0.2, 0) is 26.2 Å². The van der Waals surface area contributed by atoms with Crippen molar-refractivity contribution in [2.45, 2.75) is 51.6 Å². The first kappa shape index (κ1) is 31.2. The Morgan fingerprint density at radius 2 is 1.65 bits per heavy atom. The topological polar surface area (TPSA) is 96.0 Å². The van der Waals surface area contributed by atoms with Gasteiger partial charge in [0.2, 0.25) is 11.8 Å². The van der Waals surface area contributed by atoms with Gasteiger partial charge in [-0.2, -0.15) is 0 Å². The van der Waals surface area contributed by atoms with Gasteiger partial charge < -0.3 is 15.0 Å². The normalized spacial score (nSPS) is 11.9. The zero-order chi connectivity index (χ0) is 29.3. The minimum absolute atomic E-state index is 0.0402. The van der Waals surface area contributed by atoms with Crippen LogP contribution in [0, 0.1) is 6.92 Å². The van der Waals surface area contributed by atoms with Gasteiger partial charge in [-0.3, -0.25) is 13.9 Å². The summed E-state index contributed by atoms with van der Waals surface area (Å²) in [6.07, 6.45) is 0.367. The number of benzene rings is 3. The van der Waals surface area contributed by atoms with E-state index >= 15 is 0 Å². The number of carbonyl (C=O) groups excluding carboxylic acids is 2. The number of aryl methyl sites for hydroxylation is 1. The van der Waals surface area contributed by atoms with E-state index in [1.807, 2.05) is 52.0 Å². The Bertz CT molecular complexity index is 1400. The molecule has 0 fully saturated rings. The number of amides is 2. The third kappa shape index (κ3) is 7.85. The molecule has 0 aliphatic heterocycles. The first-order valence-electron chi connectivity index (χ1n) is 13.2. The number of nitrogens with zero attached hydrogens (tertiary/aromatic N) is 2. The Morgan fingerprint density at radius 1 is 0.975 bits per heavy atom. The van der Waals surface area contributed by atoms with Crippen molar-refractivity contribution in [1.29, 1.82) is 0 Å². The molecule has 8 nitrogen and oxygen atoms in total. The van der Waals surface area contributed by atoms with Crippen LogP contribution in [0.1, 0.15) is 38.3 Å². The van der Waals surface area contributed by atoms with E-state index in [4.69, 9.17) is 4.74 Å². The first-order chi connectivity index (χ1) is 19.1. The summed E-state index contributed by atoms with van der Waals surface area (Å²) in [5.74, 6) is -0.189. The van der Waals surface area contributed by atoms with Gasteiger partial charge in [-0.1, -0.05) is 52.7 Å². The number of hydrogen-bond acceptors (Lipinski definition) is 5. The summed E-state index contributed by atoms with van der Waals surface area (Å²) < 4.78 is 35.2. The number of rotatable bonds is 13. The van der Waals surface area contributed by atoms with Crippen LogP contribution in [0.5, 0.6) is 5.75 Å². The summed E-state index contributed by atoms with van der Waals surface area (Å²) >= 11 is 3.34. The maximum atomic E-state index is 14.0. The molecule has 0 bridgehead atoms. The van der Waals surface area contributed by atoms with Crippen LogP contribution in [-0.4, -0.2) is 50.9 Å². The Morgan fingerprint density at radius 3 is 2.23 bits per heavy atom. The van der Waals surface area contributed by atoms with Crippen molar-refractivity contribution in [3.63, 3.8) is 0 Å². The molecule has 2 amide bonds. The number of carbonyl (C=O) groups is 2. The van der Waals surface area contributed by atoms with Crippen molar-refractivity contribution in [3.05, 3.63) is 88.4 Å². The quantitative estimate of drug-likeness (QED) is 0.277. The third-order valence-electron chi connectivity index (χ3n) is 6.29. The fourth-order valence-corrected chi connectivity index (χ4v) is 6.04. The highest BCUT2D eigenvalue weighted by molar-refractivity contribution is 9.10. The summed E-state index contributed by atoms with van der Waals surface area (Å²) in [5.41, 5.74) is 2.17. The smallest absolute Gasteiger partial charge is 0.264 e. The second kappa shape index (κ2) is 14.3. The lowest BCUT2D eigenvalue weighted by Crippen LogP contribution is -2.52. The molecule has 0 saturated heterocycles. The van der Waals surface area contributed by atoms with Gasteiger partial charge in [-0.05, 0) is 81.3 Å². The molecular weight excluding hydrogens is 594 g/mol. The zero-order valence-corrected chi connectivity index (χ0v) is 25.7. The van der Waals surface area contributed by atoms with Crippen LogP contribution in [0.3, 0.4) is 0 Å².